The fourth-order valence-electron chi connectivity index (χ4n) is 3.87. The van der Waals surface area contributed by atoms with Gasteiger partial charge in [0.1, 0.15) is 23.1 Å². The fourth-order valence-corrected chi connectivity index (χ4v) is 4.31. The van der Waals surface area contributed by atoms with E-state index in [0.29, 0.717) is 6.26 Å². The number of ether oxygens (including phenoxy) is 1. The Balaban J connectivity index is 2.10. The number of pyridine rings is 1. The third-order valence-electron chi connectivity index (χ3n) is 5.19. The molecular weight excluding hydrogens is 525 g/mol. The summed E-state index contributed by atoms with van der Waals surface area (Å²) in [5.41, 5.74) is -1.94. The number of halogens is 5. The zero-order valence-electron chi connectivity index (χ0n) is 18.7. The number of amides is 1. The molecule has 0 saturated heterocycles. The molecule has 0 aliphatic carbocycles. The molecule has 194 valence electrons. The van der Waals surface area contributed by atoms with E-state index in [-0.39, 0.29) is 27.6 Å². The molecule has 2 aromatic heterocycles. The van der Waals surface area contributed by atoms with E-state index in [2.05, 4.69) is 9.72 Å². The first-order valence-corrected chi connectivity index (χ1v) is 12.2. The zero-order valence-corrected chi connectivity index (χ0v) is 19.5. The van der Waals surface area contributed by atoms with Crippen LogP contribution in [-0.4, -0.2) is 36.5 Å². The van der Waals surface area contributed by atoms with Crippen LogP contribution in [0.2, 0.25) is 0 Å². The van der Waals surface area contributed by atoms with Gasteiger partial charge in [-0.2, -0.15) is 0 Å². The lowest BCUT2D eigenvalue weighted by Gasteiger charge is -2.13. The van der Waals surface area contributed by atoms with Crippen molar-refractivity contribution in [1.82, 2.24) is 14.3 Å². The predicted molar refractivity (Wildman–Crippen MR) is 122 cm³/mol. The Morgan fingerprint density at radius 1 is 1.11 bits per heavy atom. The third-order valence-corrected chi connectivity index (χ3v) is 5.74. The van der Waals surface area contributed by atoms with Gasteiger partial charge in [-0.1, -0.05) is 0 Å². The number of alkyl halides is 3. The van der Waals surface area contributed by atoms with Crippen LogP contribution in [0.3, 0.4) is 0 Å². The lowest BCUT2D eigenvalue weighted by molar-refractivity contribution is -0.274. The summed E-state index contributed by atoms with van der Waals surface area (Å²) in [5, 5.41) is -0.117. The second-order valence-electron chi connectivity index (χ2n) is 7.89. The van der Waals surface area contributed by atoms with E-state index in [1.807, 2.05) is 0 Å². The van der Waals surface area contributed by atoms with Gasteiger partial charge in [-0.25, -0.2) is 21.9 Å². The van der Waals surface area contributed by atoms with E-state index in [1.165, 1.54) is 18.3 Å². The minimum Gasteiger partial charge on any atom is -0.406 e. The maximum absolute atomic E-state index is 14.5. The van der Waals surface area contributed by atoms with Gasteiger partial charge in [0.25, 0.3) is 11.5 Å². The molecule has 0 aliphatic heterocycles. The van der Waals surface area contributed by atoms with Gasteiger partial charge in [0.15, 0.2) is 0 Å². The Kier molecular flexibility index (Phi) is 6.54. The number of hydrogen-bond acceptors (Lipinski definition) is 5. The Labute approximate surface area is 205 Å². The van der Waals surface area contributed by atoms with Crippen molar-refractivity contribution in [2.24, 2.45) is 0 Å². The number of nitrogens with zero attached hydrogens (tertiary/aromatic N) is 1. The smallest absolute Gasteiger partial charge is 0.406 e. The summed E-state index contributed by atoms with van der Waals surface area (Å²) in [5.74, 6) is -3.63. The lowest BCUT2D eigenvalue weighted by atomic mass is 10.0. The molecule has 37 heavy (non-hydrogen) atoms. The van der Waals surface area contributed by atoms with E-state index in [4.69, 9.17) is 0 Å². The number of hydrogen-bond donors (Lipinski definition) is 2. The number of carbonyl (C=O) groups is 1. The minimum absolute atomic E-state index is 0.00934. The number of H-pyrrole nitrogens is 1. The molecule has 14 heteroatoms. The van der Waals surface area contributed by atoms with Gasteiger partial charge in [-0.05, 0) is 48.5 Å². The first-order valence-electron chi connectivity index (χ1n) is 10.3. The SMILES string of the molecule is CS(=O)(=O)NC(=O)c1c(-c2ccc[nH]c2=O)c2cc(OC(F)(F)F)ccc2n1Cc1cc(F)ccc1F. The summed E-state index contributed by atoms with van der Waals surface area (Å²) >= 11 is 0. The van der Waals surface area contributed by atoms with Gasteiger partial charge in [-0.15, -0.1) is 13.2 Å². The molecular formula is C23H16F5N3O5S. The van der Waals surface area contributed by atoms with Crippen molar-refractivity contribution < 1.29 is 39.9 Å². The number of aromatic amines is 1. The summed E-state index contributed by atoms with van der Waals surface area (Å²) in [7, 11) is -4.16. The van der Waals surface area contributed by atoms with Crippen LogP contribution in [0.25, 0.3) is 22.0 Å². The normalized spacial score (nSPS) is 12.1. The number of benzene rings is 2. The predicted octanol–water partition coefficient (Wildman–Crippen LogP) is 3.91. The Morgan fingerprint density at radius 2 is 1.84 bits per heavy atom. The first kappa shape index (κ1) is 25.9. The number of aromatic nitrogens is 2. The molecule has 0 fully saturated rings. The molecule has 0 saturated carbocycles. The molecule has 4 aromatic rings. The van der Waals surface area contributed by atoms with Crippen LogP contribution < -0.4 is 15.0 Å². The number of rotatable bonds is 6. The Morgan fingerprint density at radius 3 is 2.49 bits per heavy atom. The molecule has 2 aromatic carbocycles. The number of carbonyl (C=O) groups excluding carboxylic acids is 1. The van der Waals surface area contributed by atoms with Gasteiger partial charge in [-0.3, -0.25) is 9.59 Å². The first-order chi connectivity index (χ1) is 17.2. The lowest BCUT2D eigenvalue weighted by Crippen LogP contribution is -2.32. The average Bonchev–Trinajstić information content (AvgIpc) is 3.07. The summed E-state index contributed by atoms with van der Waals surface area (Å²) in [4.78, 5) is 28.2. The van der Waals surface area contributed by atoms with Crippen molar-refractivity contribution in [2.45, 2.75) is 12.9 Å². The molecule has 0 unspecified atom stereocenters. The maximum atomic E-state index is 14.5. The molecule has 1 amide bonds. The zero-order chi connectivity index (χ0) is 27.1. The number of fused-ring (bicyclic) bond motifs is 1. The Hall–Kier alpha value is -4.20. The van der Waals surface area contributed by atoms with E-state index in [9.17, 15) is 40.0 Å². The van der Waals surface area contributed by atoms with Crippen molar-refractivity contribution >= 4 is 26.8 Å². The molecule has 0 bridgehead atoms. The largest absolute Gasteiger partial charge is 0.573 e. The molecule has 2 heterocycles. The summed E-state index contributed by atoms with van der Waals surface area (Å²) in [6.45, 7) is -0.545. The molecule has 8 nitrogen and oxygen atoms in total. The molecule has 0 atom stereocenters. The highest BCUT2D eigenvalue weighted by molar-refractivity contribution is 7.89. The van der Waals surface area contributed by atoms with Crippen molar-refractivity contribution in [3.63, 3.8) is 0 Å². The van der Waals surface area contributed by atoms with E-state index in [1.54, 1.807) is 4.72 Å². The quantitative estimate of drug-likeness (QED) is 0.360. The van der Waals surface area contributed by atoms with Crippen LogP contribution in [0.4, 0.5) is 22.0 Å². The van der Waals surface area contributed by atoms with Crippen molar-refractivity contribution in [3.8, 4) is 16.9 Å². The molecule has 2 N–H and O–H groups in total. The molecule has 0 spiro atoms. The minimum atomic E-state index is -5.07. The van der Waals surface area contributed by atoms with Gasteiger partial charge < -0.3 is 14.3 Å². The van der Waals surface area contributed by atoms with Crippen molar-refractivity contribution in [2.75, 3.05) is 6.26 Å². The van der Waals surface area contributed by atoms with Crippen LogP contribution in [0.15, 0.2) is 59.5 Å². The van der Waals surface area contributed by atoms with E-state index in [0.717, 1.165) is 41.0 Å². The molecule has 4 rings (SSSR count). The third kappa shape index (κ3) is 5.63. The molecule has 0 radical (unpaired) electrons. The van der Waals surface area contributed by atoms with Crippen LogP contribution >= 0.6 is 0 Å². The summed E-state index contributed by atoms with van der Waals surface area (Å²) in [6, 6.07) is 8.12. The van der Waals surface area contributed by atoms with Gasteiger partial charge in [0.2, 0.25) is 10.0 Å². The average molecular weight is 541 g/mol. The number of sulfonamides is 1. The van der Waals surface area contributed by atoms with Crippen molar-refractivity contribution in [3.05, 3.63) is 88.0 Å². The molecule has 0 aliphatic rings. The Bertz CT molecular complexity index is 1690. The van der Waals surface area contributed by atoms with Gasteiger partial charge in [0, 0.05) is 33.8 Å². The topological polar surface area (TPSA) is 110 Å². The summed E-state index contributed by atoms with van der Waals surface area (Å²) < 4.78 is 97.6. The number of nitrogens with one attached hydrogen (secondary N) is 2. The second-order valence-corrected chi connectivity index (χ2v) is 9.64. The highest BCUT2D eigenvalue weighted by Crippen LogP contribution is 2.37. The van der Waals surface area contributed by atoms with Crippen LogP contribution in [0, 0.1) is 11.6 Å². The highest BCUT2D eigenvalue weighted by atomic mass is 32.2. The van der Waals surface area contributed by atoms with Gasteiger partial charge >= 0.3 is 6.36 Å². The summed E-state index contributed by atoms with van der Waals surface area (Å²) in [6.07, 6.45) is -3.11. The van der Waals surface area contributed by atoms with Gasteiger partial charge in [0.05, 0.1) is 12.8 Å². The monoisotopic (exact) mass is 541 g/mol. The van der Waals surface area contributed by atoms with E-state index < -0.39 is 57.5 Å². The van der Waals surface area contributed by atoms with Crippen LogP contribution in [0.5, 0.6) is 5.75 Å². The van der Waals surface area contributed by atoms with Crippen LogP contribution in [-0.2, 0) is 16.6 Å². The standard InChI is InChI=1S/C23H16F5N3O5S/c1-37(34,35)30-22(33)20-19(15-3-2-8-29-21(15)32)16-10-14(36-23(26,27)28)5-7-18(16)31(20)11-12-9-13(24)4-6-17(12)25/h2-10H,11H2,1H3,(H,29,32)(H,30,33). The van der Waals surface area contributed by atoms with Crippen molar-refractivity contribution in [1.29, 1.82) is 0 Å². The fraction of sp³-hybridized carbons (Fsp3) is 0.130. The second kappa shape index (κ2) is 9.35. The van der Waals surface area contributed by atoms with Crippen LogP contribution in [0.1, 0.15) is 16.1 Å². The maximum Gasteiger partial charge on any atom is 0.573 e. The highest BCUT2D eigenvalue weighted by Gasteiger charge is 2.32. The van der Waals surface area contributed by atoms with E-state index >= 15 is 0 Å².